The Balaban J connectivity index is 0. The van der Waals surface area contributed by atoms with Crippen molar-refractivity contribution in [3.05, 3.63) is 42.5 Å². The molecule has 0 aliphatic rings. The van der Waals surface area contributed by atoms with Gasteiger partial charge in [0.2, 0.25) is 0 Å². The normalized spacial score (nSPS) is 13.2. The lowest BCUT2D eigenvalue weighted by molar-refractivity contribution is -0.165. The summed E-state index contributed by atoms with van der Waals surface area (Å²) in [5, 5.41) is 45.5. The maximum absolute atomic E-state index is 9.77. The Morgan fingerprint density at radius 3 is 2.07 bits per heavy atom. The first-order chi connectivity index (χ1) is 13.1. The number of para-hydroxylation sites is 1. The molecule has 8 N–H and O–H groups in total. The molecule has 0 heterocycles. The van der Waals surface area contributed by atoms with E-state index in [0.717, 1.165) is 17.7 Å². The molecule has 0 spiro atoms. The van der Waals surface area contributed by atoms with Crippen molar-refractivity contribution in [1.82, 2.24) is 5.32 Å². The highest BCUT2D eigenvalue weighted by molar-refractivity contribution is 5.83. The van der Waals surface area contributed by atoms with Crippen LogP contribution in [0.1, 0.15) is 19.4 Å². The Bertz CT molecular complexity index is 603. The molecule has 1 aromatic rings. The first-order valence-corrected chi connectivity index (χ1v) is 8.64. The predicted octanol–water partition coefficient (Wildman–Crippen LogP) is -0.794. The summed E-state index contributed by atoms with van der Waals surface area (Å²) in [7, 11) is 0. The van der Waals surface area contributed by atoms with Gasteiger partial charge in [0.05, 0.1) is 0 Å². The van der Waals surface area contributed by atoms with Crippen molar-refractivity contribution in [3.8, 4) is 5.75 Å². The van der Waals surface area contributed by atoms with E-state index in [0.29, 0.717) is 19.2 Å². The van der Waals surface area contributed by atoms with Crippen LogP contribution in [0.2, 0.25) is 0 Å². The summed E-state index contributed by atoms with van der Waals surface area (Å²) in [5.74, 6) is -2.72. The molecule has 10 heteroatoms. The fourth-order valence-corrected chi connectivity index (χ4v) is 1.86. The average molecular weight is 417 g/mol. The van der Waals surface area contributed by atoms with Gasteiger partial charge < -0.3 is 41.1 Å². The zero-order chi connectivity index (χ0) is 21.7. The first kappa shape index (κ1) is 28.7. The van der Waals surface area contributed by atoms with Crippen LogP contribution in [0.5, 0.6) is 5.75 Å². The van der Waals surface area contributed by atoms with Crippen LogP contribution in [0.15, 0.2) is 36.9 Å². The lowest BCUT2D eigenvalue weighted by Crippen LogP contribution is -2.39. The van der Waals surface area contributed by atoms with Crippen molar-refractivity contribution in [1.29, 1.82) is 0 Å². The number of carbonyl (C=O) groups is 2. The summed E-state index contributed by atoms with van der Waals surface area (Å²) >= 11 is 0. The molecule has 10 nitrogen and oxygen atoms in total. The van der Waals surface area contributed by atoms with Crippen LogP contribution < -0.4 is 10.1 Å². The highest BCUT2D eigenvalue weighted by Crippen LogP contribution is 2.18. The summed E-state index contributed by atoms with van der Waals surface area (Å²) in [6.45, 7) is 8.67. The van der Waals surface area contributed by atoms with Crippen LogP contribution in [0, 0.1) is 0 Å². The van der Waals surface area contributed by atoms with Gasteiger partial charge in [0.15, 0.2) is 12.2 Å². The van der Waals surface area contributed by atoms with Crippen molar-refractivity contribution >= 4 is 11.9 Å². The number of hydrogen-bond acceptors (Lipinski definition) is 7. The molecule has 0 aliphatic heterocycles. The second-order valence-corrected chi connectivity index (χ2v) is 6.19. The number of aliphatic carboxylic acids is 2. The Labute approximate surface area is 169 Å². The zero-order valence-corrected chi connectivity index (χ0v) is 16.5. The molecule has 3 unspecified atom stereocenters. The molecular weight excluding hydrogens is 386 g/mol. The van der Waals surface area contributed by atoms with E-state index in [2.05, 4.69) is 11.9 Å². The van der Waals surface area contributed by atoms with Crippen molar-refractivity contribution in [2.45, 2.75) is 44.6 Å². The molecule has 0 bridgehead atoms. The first-order valence-electron chi connectivity index (χ1n) is 8.64. The topological polar surface area (TPSA) is 188 Å². The minimum Gasteiger partial charge on any atom is -0.491 e. The maximum atomic E-state index is 9.77. The van der Waals surface area contributed by atoms with E-state index in [1.807, 2.05) is 44.2 Å². The summed E-state index contributed by atoms with van der Waals surface area (Å²) < 4.78 is 5.65. The van der Waals surface area contributed by atoms with Gasteiger partial charge in [0.1, 0.15) is 18.5 Å². The lowest BCUT2D eigenvalue weighted by atomic mass is 10.1. The average Bonchev–Trinajstić information content (AvgIpc) is 2.65. The van der Waals surface area contributed by atoms with Gasteiger partial charge in [0, 0.05) is 12.6 Å². The summed E-state index contributed by atoms with van der Waals surface area (Å²) in [6, 6.07) is 8.20. The number of carboxylic acids is 2. The van der Waals surface area contributed by atoms with E-state index in [1.54, 1.807) is 0 Å². The Kier molecular flexibility index (Phi) is 15.3. The van der Waals surface area contributed by atoms with Gasteiger partial charge in [-0.25, -0.2) is 9.59 Å². The standard InChI is InChI=1S/C15H23NO2.C4H6O6.H2O/c1-4-7-13-8-5-6-9-15(13)18-11-14(17)10-16-12(2)3;5-1(3(7)8)2(6)4(9)10;/h4-6,8-9,12,14,16-17H,1,7,10-11H2,2-3H3;1-2,5-6H,(H,7,8)(H,9,10);1H2. The number of allylic oxidation sites excluding steroid dienone is 1. The maximum Gasteiger partial charge on any atom is 0.335 e. The van der Waals surface area contributed by atoms with Crippen LogP contribution in [0.4, 0.5) is 0 Å². The summed E-state index contributed by atoms with van der Waals surface area (Å²) in [5.41, 5.74) is 1.09. The van der Waals surface area contributed by atoms with E-state index < -0.39 is 30.3 Å². The third-order valence-corrected chi connectivity index (χ3v) is 3.33. The fourth-order valence-electron chi connectivity index (χ4n) is 1.86. The van der Waals surface area contributed by atoms with Gasteiger partial charge in [-0.3, -0.25) is 0 Å². The number of aliphatic hydroxyl groups is 3. The molecule has 0 saturated carbocycles. The predicted molar refractivity (Wildman–Crippen MR) is 106 cm³/mol. The quantitative estimate of drug-likeness (QED) is 0.251. The van der Waals surface area contributed by atoms with Gasteiger partial charge in [-0.15, -0.1) is 6.58 Å². The second kappa shape index (κ2) is 15.4. The van der Waals surface area contributed by atoms with E-state index in [4.69, 9.17) is 25.2 Å². The molecule has 166 valence electrons. The molecule has 3 atom stereocenters. The van der Waals surface area contributed by atoms with Crippen LogP contribution in [0.3, 0.4) is 0 Å². The molecule has 0 aliphatic carbocycles. The van der Waals surface area contributed by atoms with Crippen molar-refractivity contribution in [3.63, 3.8) is 0 Å². The van der Waals surface area contributed by atoms with Crippen LogP contribution >= 0.6 is 0 Å². The molecule has 0 radical (unpaired) electrons. The van der Waals surface area contributed by atoms with Gasteiger partial charge in [-0.2, -0.15) is 0 Å². The Morgan fingerprint density at radius 2 is 1.62 bits per heavy atom. The number of aliphatic hydroxyl groups excluding tert-OH is 3. The second-order valence-electron chi connectivity index (χ2n) is 6.19. The summed E-state index contributed by atoms with van der Waals surface area (Å²) in [4.78, 5) is 19.5. The third-order valence-electron chi connectivity index (χ3n) is 3.33. The van der Waals surface area contributed by atoms with E-state index in [1.165, 1.54) is 0 Å². The lowest BCUT2D eigenvalue weighted by Gasteiger charge is -2.16. The third kappa shape index (κ3) is 12.5. The van der Waals surface area contributed by atoms with Crippen LogP contribution in [-0.2, 0) is 16.0 Å². The van der Waals surface area contributed by atoms with Crippen molar-refractivity contribution < 1.29 is 45.3 Å². The van der Waals surface area contributed by atoms with Gasteiger partial charge in [0.25, 0.3) is 0 Å². The zero-order valence-electron chi connectivity index (χ0n) is 16.5. The van der Waals surface area contributed by atoms with Gasteiger partial charge in [-0.1, -0.05) is 38.1 Å². The Hall–Kier alpha value is -2.50. The molecule has 1 aromatic carbocycles. The number of carboxylic acid groups (broad SMARTS) is 2. The van der Waals surface area contributed by atoms with Gasteiger partial charge in [-0.05, 0) is 18.1 Å². The van der Waals surface area contributed by atoms with Crippen LogP contribution in [-0.4, -0.2) is 80.5 Å². The molecule has 0 amide bonds. The minimum atomic E-state index is -2.27. The highest BCUT2D eigenvalue weighted by atomic mass is 16.5. The SMILES string of the molecule is C=CCc1ccccc1OCC(O)CNC(C)C.O.O=C(O)C(O)C(O)C(=O)O. The van der Waals surface area contributed by atoms with E-state index in [9.17, 15) is 14.7 Å². The fraction of sp³-hybridized carbons (Fsp3) is 0.474. The number of nitrogens with one attached hydrogen (secondary N) is 1. The molecule has 29 heavy (non-hydrogen) atoms. The largest absolute Gasteiger partial charge is 0.491 e. The summed E-state index contributed by atoms with van der Waals surface area (Å²) in [6.07, 6.45) is -2.41. The molecule has 0 saturated heterocycles. The molecule has 0 aromatic heterocycles. The van der Waals surface area contributed by atoms with Crippen LogP contribution in [0.25, 0.3) is 0 Å². The highest BCUT2D eigenvalue weighted by Gasteiger charge is 2.29. The number of rotatable bonds is 11. The van der Waals surface area contributed by atoms with E-state index >= 15 is 0 Å². The van der Waals surface area contributed by atoms with Gasteiger partial charge >= 0.3 is 11.9 Å². The minimum absolute atomic E-state index is 0. The smallest absolute Gasteiger partial charge is 0.335 e. The molecule has 1 rings (SSSR count). The number of ether oxygens (including phenoxy) is 1. The van der Waals surface area contributed by atoms with E-state index in [-0.39, 0.29) is 5.48 Å². The molecule has 0 fully saturated rings. The number of hydrogen-bond donors (Lipinski definition) is 6. The number of benzene rings is 1. The Morgan fingerprint density at radius 1 is 1.10 bits per heavy atom. The van der Waals surface area contributed by atoms with Crippen molar-refractivity contribution in [2.24, 2.45) is 0 Å². The van der Waals surface area contributed by atoms with Crippen molar-refractivity contribution in [2.75, 3.05) is 13.2 Å². The monoisotopic (exact) mass is 417 g/mol. The molecular formula is C19H31NO9.